The summed E-state index contributed by atoms with van der Waals surface area (Å²) < 4.78 is 0. The number of aliphatic carboxylic acids is 3. The van der Waals surface area contributed by atoms with Crippen LogP contribution in [0.3, 0.4) is 0 Å². The lowest BCUT2D eigenvalue weighted by Gasteiger charge is -2.14. The normalized spacial score (nSPS) is 12.4. The molecule has 2 heterocycles. The first-order valence-corrected chi connectivity index (χ1v) is 10.9. The number of hydrogen-bond donors (Lipinski definition) is 7. The van der Waals surface area contributed by atoms with E-state index in [4.69, 9.17) is 10.2 Å². The van der Waals surface area contributed by atoms with Crippen LogP contribution in [0.4, 0.5) is 11.6 Å². The Labute approximate surface area is 208 Å². The number of carboxylic acid groups (broad SMARTS) is 3. The molecule has 194 valence electrons. The molecular formula is C22H23N7O8. The fourth-order valence-corrected chi connectivity index (χ4v) is 3.07. The van der Waals surface area contributed by atoms with Crippen LogP contribution in [0.1, 0.15) is 35.8 Å². The van der Waals surface area contributed by atoms with Crippen LogP contribution in [0.2, 0.25) is 0 Å². The monoisotopic (exact) mass is 513 g/mol. The first-order chi connectivity index (χ1) is 17.5. The maximum absolute atomic E-state index is 12.4. The molecule has 1 aromatic carbocycles. The van der Waals surface area contributed by atoms with Gasteiger partial charge in [-0.3, -0.25) is 24.2 Å². The SMILES string of the molecule is CC(Nc1nc2ncc(CNc3ccc(C(=O)N[C@@H](CCC(=O)O)C(=O)O)cc3)nc2c(=O)[nH]1)C(=O)O. The van der Waals surface area contributed by atoms with Crippen molar-refractivity contribution in [2.45, 2.75) is 38.4 Å². The van der Waals surface area contributed by atoms with Crippen LogP contribution >= 0.6 is 0 Å². The molecule has 1 amide bonds. The molecule has 0 aliphatic rings. The second-order valence-corrected chi connectivity index (χ2v) is 7.88. The van der Waals surface area contributed by atoms with Gasteiger partial charge in [-0.05, 0) is 37.6 Å². The molecule has 0 spiro atoms. The highest BCUT2D eigenvalue weighted by molar-refractivity contribution is 5.97. The quantitative estimate of drug-likeness (QED) is 0.172. The Bertz CT molecular complexity index is 1390. The summed E-state index contributed by atoms with van der Waals surface area (Å²) in [6, 6.07) is 3.75. The van der Waals surface area contributed by atoms with Gasteiger partial charge in [0.25, 0.3) is 11.5 Å². The fourth-order valence-electron chi connectivity index (χ4n) is 3.07. The van der Waals surface area contributed by atoms with E-state index in [1.54, 1.807) is 12.1 Å². The largest absolute Gasteiger partial charge is 0.481 e. The first-order valence-electron chi connectivity index (χ1n) is 10.9. The number of fused-ring (bicyclic) bond motifs is 1. The van der Waals surface area contributed by atoms with Crippen LogP contribution in [0.25, 0.3) is 11.2 Å². The summed E-state index contributed by atoms with van der Waals surface area (Å²) in [6.45, 7) is 1.56. The Hall–Kier alpha value is -5.08. The fraction of sp³-hybridized carbons (Fsp3) is 0.273. The van der Waals surface area contributed by atoms with Crippen LogP contribution in [-0.4, -0.2) is 71.2 Å². The van der Waals surface area contributed by atoms with Crippen molar-refractivity contribution in [2.24, 2.45) is 0 Å². The van der Waals surface area contributed by atoms with Gasteiger partial charge in [0.1, 0.15) is 12.1 Å². The molecule has 2 aromatic heterocycles. The van der Waals surface area contributed by atoms with Gasteiger partial charge in [0, 0.05) is 17.7 Å². The Morgan fingerprint density at radius 1 is 1.03 bits per heavy atom. The van der Waals surface area contributed by atoms with Gasteiger partial charge in [-0.25, -0.2) is 14.8 Å². The third kappa shape index (κ3) is 7.20. The number of nitrogens with one attached hydrogen (secondary N) is 4. The van der Waals surface area contributed by atoms with Crippen LogP contribution in [-0.2, 0) is 20.9 Å². The predicted octanol–water partition coefficient (Wildman–Crippen LogP) is 0.258. The van der Waals surface area contributed by atoms with E-state index in [9.17, 15) is 29.1 Å². The number of aromatic nitrogens is 4. The predicted molar refractivity (Wildman–Crippen MR) is 128 cm³/mol. The topological polar surface area (TPSA) is 237 Å². The first kappa shape index (κ1) is 26.5. The van der Waals surface area contributed by atoms with E-state index < -0.39 is 47.9 Å². The second kappa shape index (κ2) is 11.6. The number of carbonyl (C=O) groups excluding carboxylic acids is 1. The van der Waals surface area contributed by atoms with Crippen molar-refractivity contribution in [1.29, 1.82) is 0 Å². The van der Waals surface area contributed by atoms with Crippen LogP contribution in [0, 0.1) is 0 Å². The van der Waals surface area contributed by atoms with Gasteiger partial charge in [0.15, 0.2) is 11.2 Å². The molecule has 3 aromatic rings. The molecule has 37 heavy (non-hydrogen) atoms. The lowest BCUT2D eigenvalue weighted by atomic mass is 10.1. The minimum Gasteiger partial charge on any atom is -0.481 e. The number of hydrogen-bond acceptors (Lipinski definition) is 10. The smallest absolute Gasteiger partial charge is 0.326 e. The molecule has 0 saturated heterocycles. The van der Waals surface area contributed by atoms with Crippen molar-refractivity contribution in [2.75, 3.05) is 10.6 Å². The zero-order valence-electron chi connectivity index (χ0n) is 19.4. The number of nitrogens with zero attached hydrogens (tertiary/aromatic N) is 3. The van der Waals surface area contributed by atoms with E-state index in [-0.39, 0.29) is 35.6 Å². The number of rotatable bonds is 12. The minimum atomic E-state index is -1.34. The average Bonchev–Trinajstić information content (AvgIpc) is 2.85. The number of benzene rings is 1. The van der Waals surface area contributed by atoms with Crippen molar-refractivity contribution in [3.8, 4) is 0 Å². The summed E-state index contributed by atoms with van der Waals surface area (Å²) in [5, 5.41) is 34.8. The van der Waals surface area contributed by atoms with Gasteiger partial charge >= 0.3 is 17.9 Å². The summed E-state index contributed by atoms with van der Waals surface area (Å²) in [4.78, 5) is 72.4. The van der Waals surface area contributed by atoms with Gasteiger partial charge in [0.05, 0.1) is 18.4 Å². The highest BCUT2D eigenvalue weighted by Gasteiger charge is 2.21. The second-order valence-electron chi connectivity index (χ2n) is 7.88. The van der Waals surface area contributed by atoms with Crippen LogP contribution in [0.15, 0.2) is 35.3 Å². The van der Waals surface area contributed by atoms with E-state index in [1.807, 2.05) is 0 Å². The molecule has 3 rings (SSSR count). The molecule has 7 N–H and O–H groups in total. The highest BCUT2D eigenvalue weighted by Crippen LogP contribution is 2.13. The highest BCUT2D eigenvalue weighted by atomic mass is 16.4. The Balaban J connectivity index is 1.63. The van der Waals surface area contributed by atoms with E-state index in [0.29, 0.717) is 11.4 Å². The molecule has 0 radical (unpaired) electrons. The Morgan fingerprint density at radius 2 is 1.73 bits per heavy atom. The molecule has 0 aliphatic carbocycles. The number of H-pyrrole nitrogens is 1. The zero-order chi connectivity index (χ0) is 27.1. The van der Waals surface area contributed by atoms with Crippen LogP contribution < -0.4 is 21.5 Å². The summed E-state index contributed by atoms with van der Waals surface area (Å²) in [5.41, 5.74) is 0.578. The zero-order valence-corrected chi connectivity index (χ0v) is 19.4. The summed E-state index contributed by atoms with van der Waals surface area (Å²) in [7, 11) is 0. The van der Waals surface area contributed by atoms with Crippen molar-refractivity contribution in [3.05, 3.63) is 52.1 Å². The molecule has 15 nitrogen and oxygen atoms in total. The molecule has 0 aliphatic heterocycles. The van der Waals surface area contributed by atoms with E-state index in [0.717, 1.165) is 0 Å². The van der Waals surface area contributed by atoms with Gasteiger partial charge < -0.3 is 31.3 Å². The number of amides is 1. The molecule has 1 unspecified atom stereocenters. The maximum atomic E-state index is 12.4. The summed E-state index contributed by atoms with van der Waals surface area (Å²) >= 11 is 0. The molecule has 15 heteroatoms. The van der Waals surface area contributed by atoms with Gasteiger partial charge in [-0.2, -0.15) is 4.98 Å². The lowest BCUT2D eigenvalue weighted by molar-refractivity contribution is -0.141. The number of carboxylic acids is 3. The van der Waals surface area contributed by atoms with Gasteiger partial charge in [-0.1, -0.05) is 0 Å². The Kier molecular flexibility index (Phi) is 8.29. The van der Waals surface area contributed by atoms with Gasteiger partial charge in [-0.15, -0.1) is 0 Å². The standard InChI is InChI=1S/C22H23N7O8/c1-10(20(34)35)25-22-28-17-16(19(33)29-22)26-13(9-24-17)8-23-12-4-2-11(3-5-12)18(32)27-14(21(36)37)6-7-15(30)31/h2-5,9-10,14,23H,6-8H2,1H3,(H,27,32)(H,30,31)(H,34,35)(H,36,37)(H2,24,25,28,29,33)/t10?,14-/m0/s1. The summed E-state index contributed by atoms with van der Waals surface area (Å²) in [6.07, 6.45) is 0.749. The van der Waals surface area contributed by atoms with E-state index in [1.165, 1.54) is 25.3 Å². The van der Waals surface area contributed by atoms with Crippen molar-refractivity contribution in [1.82, 2.24) is 25.3 Å². The maximum Gasteiger partial charge on any atom is 0.326 e. The van der Waals surface area contributed by atoms with E-state index in [2.05, 4.69) is 35.9 Å². The lowest BCUT2D eigenvalue weighted by Crippen LogP contribution is -2.41. The molecule has 2 atom stereocenters. The number of anilines is 2. The Morgan fingerprint density at radius 3 is 2.35 bits per heavy atom. The minimum absolute atomic E-state index is 0.0317. The van der Waals surface area contributed by atoms with Crippen molar-refractivity contribution >= 4 is 46.6 Å². The van der Waals surface area contributed by atoms with Gasteiger partial charge in [0.2, 0.25) is 5.95 Å². The van der Waals surface area contributed by atoms with Crippen LogP contribution in [0.5, 0.6) is 0 Å². The third-order valence-electron chi connectivity index (χ3n) is 5.06. The van der Waals surface area contributed by atoms with E-state index >= 15 is 0 Å². The average molecular weight is 513 g/mol. The number of carbonyl (C=O) groups is 4. The van der Waals surface area contributed by atoms with Crippen molar-refractivity contribution in [3.63, 3.8) is 0 Å². The molecule has 0 bridgehead atoms. The molecule has 0 saturated carbocycles. The van der Waals surface area contributed by atoms with Crippen molar-refractivity contribution < 1.29 is 34.5 Å². The molecule has 0 fully saturated rings. The number of aromatic amines is 1. The third-order valence-corrected chi connectivity index (χ3v) is 5.06. The molecular weight excluding hydrogens is 490 g/mol. The summed E-state index contributed by atoms with van der Waals surface area (Å²) in [5.74, 6) is -4.33.